The van der Waals surface area contributed by atoms with Crippen LogP contribution in [-0.2, 0) is 16.2 Å². The first-order valence-corrected chi connectivity index (χ1v) is 12.6. The second-order valence-electron chi connectivity index (χ2n) is 8.07. The fourth-order valence-corrected chi connectivity index (χ4v) is 4.62. The molecule has 37 heavy (non-hydrogen) atoms. The number of hydrogen-bond donors (Lipinski definition) is 1. The largest absolute Gasteiger partial charge is 0.490 e. The first-order chi connectivity index (χ1) is 17.7. The van der Waals surface area contributed by atoms with Crippen molar-refractivity contribution in [2.24, 2.45) is 0 Å². The van der Waals surface area contributed by atoms with E-state index in [0.717, 1.165) is 10.5 Å². The normalized spacial score (nSPS) is 14.7. The lowest BCUT2D eigenvalue weighted by molar-refractivity contribution is -0.122. The van der Waals surface area contributed by atoms with Crippen molar-refractivity contribution in [2.75, 3.05) is 11.5 Å². The Morgan fingerprint density at radius 2 is 1.78 bits per heavy atom. The standard InChI is InChI=1S/C27H21ClFIN2O5/c1-3-36-23-12-17(11-21(30)24(23)37-14-16-5-8-19(29)9-6-16)10-20-25(33)31-27(35)32(26(20)34)22-13-18(28)7-4-15(22)2/h4-13H,3,14H2,1-2H3,(H,31,33,35)/b20-10+. The van der Waals surface area contributed by atoms with Gasteiger partial charge in [-0.05, 0) is 95.6 Å². The van der Waals surface area contributed by atoms with E-state index in [1.165, 1.54) is 24.3 Å². The van der Waals surface area contributed by atoms with Crippen molar-refractivity contribution in [3.63, 3.8) is 0 Å². The van der Waals surface area contributed by atoms with Crippen LogP contribution >= 0.6 is 34.2 Å². The number of urea groups is 1. The number of imide groups is 2. The van der Waals surface area contributed by atoms with E-state index in [2.05, 4.69) is 27.9 Å². The highest BCUT2D eigenvalue weighted by atomic mass is 127. The fourth-order valence-electron chi connectivity index (χ4n) is 3.68. The average Bonchev–Trinajstić information content (AvgIpc) is 2.84. The van der Waals surface area contributed by atoms with Crippen LogP contribution in [0.3, 0.4) is 0 Å². The van der Waals surface area contributed by atoms with E-state index in [1.54, 1.807) is 43.3 Å². The van der Waals surface area contributed by atoms with Gasteiger partial charge in [-0.3, -0.25) is 14.9 Å². The number of carbonyl (C=O) groups is 3. The molecule has 0 atom stereocenters. The molecule has 0 saturated carbocycles. The molecule has 0 aromatic heterocycles. The Labute approximate surface area is 231 Å². The molecule has 0 aliphatic carbocycles. The highest BCUT2D eigenvalue weighted by Crippen LogP contribution is 2.36. The Balaban J connectivity index is 1.67. The van der Waals surface area contributed by atoms with Crippen molar-refractivity contribution in [2.45, 2.75) is 20.5 Å². The van der Waals surface area contributed by atoms with Crippen LogP contribution in [0.2, 0.25) is 5.02 Å². The minimum absolute atomic E-state index is 0.188. The summed E-state index contributed by atoms with van der Waals surface area (Å²) in [6.07, 6.45) is 1.39. The molecule has 1 aliphatic heterocycles. The molecule has 4 amide bonds. The number of carbonyl (C=O) groups excluding carboxylic acids is 3. The molecule has 1 saturated heterocycles. The smallest absolute Gasteiger partial charge is 0.335 e. The number of barbiturate groups is 1. The van der Waals surface area contributed by atoms with E-state index < -0.39 is 17.8 Å². The Kier molecular flexibility index (Phi) is 8.13. The molecule has 1 heterocycles. The molecular formula is C27H21ClFIN2O5. The maximum Gasteiger partial charge on any atom is 0.335 e. The number of ether oxygens (including phenoxy) is 2. The molecule has 1 fully saturated rings. The van der Waals surface area contributed by atoms with Gasteiger partial charge in [-0.25, -0.2) is 14.1 Å². The van der Waals surface area contributed by atoms with Crippen LogP contribution in [0.15, 0.2) is 60.2 Å². The second kappa shape index (κ2) is 11.3. The van der Waals surface area contributed by atoms with Crippen LogP contribution in [0.25, 0.3) is 6.08 Å². The monoisotopic (exact) mass is 634 g/mol. The number of benzene rings is 3. The van der Waals surface area contributed by atoms with Gasteiger partial charge in [-0.2, -0.15) is 0 Å². The quantitative estimate of drug-likeness (QED) is 0.195. The van der Waals surface area contributed by atoms with Crippen LogP contribution in [-0.4, -0.2) is 24.5 Å². The molecule has 0 spiro atoms. The number of amides is 4. The summed E-state index contributed by atoms with van der Waals surface area (Å²) < 4.78 is 25.6. The number of nitrogens with one attached hydrogen (secondary N) is 1. The van der Waals surface area contributed by atoms with E-state index in [1.807, 2.05) is 6.92 Å². The highest BCUT2D eigenvalue weighted by molar-refractivity contribution is 14.1. The van der Waals surface area contributed by atoms with Crippen LogP contribution in [0.4, 0.5) is 14.9 Å². The Morgan fingerprint density at radius 1 is 1.05 bits per heavy atom. The van der Waals surface area contributed by atoms with Gasteiger partial charge < -0.3 is 9.47 Å². The maximum absolute atomic E-state index is 13.3. The average molecular weight is 635 g/mol. The maximum atomic E-state index is 13.3. The van der Waals surface area contributed by atoms with Gasteiger partial charge in [0, 0.05) is 5.02 Å². The molecule has 7 nitrogen and oxygen atoms in total. The third-order valence-electron chi connectivity index (χ3n) is 5.45. The van der Waals surface area contributed by atoms with Crippen molar-refractivity contribution >= 4 is 63.8 Å². The van der Waals surface area contributed by atoms with E-state index in [0.29, 0.717) is 37.8 Å². The summed E-state index contributed by atoms with van der Waals surface area (Å²) in [5, 5.41) is 2.56. The Hall–Kier alpha value is -3.44. The molecule has 0 unspecified atom stereocenters. The SMILES string of the molecule is CCOc1cc(/C=C2\C(=O)NC(=O)N(c3cc(Cl)ccc3C)C2=O)cc(I)c1OCc1ccc(F)cc1. The van der Waals surface area contributed by atoms with Crippen molar-refractivity contribution in [3.8, 4) is 11.5 Å². The summed E-state index contributed by atoms with van der Waals surface area (Å²) in [5.74, 6) is -1.04. The minimum Gasteiger partial charge on any atom is -0.490 e. The van der Waals surface area contributed by atoms with Gasteiger partial charge in [0.05, 0.1) is 15.9 Å². The zero-order valence-electron chi connectivity index (χ0n) is 19.8. The number of rotatable bonds is 7. The topological polar surface area (TPSA) is 84.9 Å². The highest BCUT2D eigenvalue weighted by Gasteiger charge is 2.37. The summed E-state index contributed by atoms with van der Waals surface area (Å²) in [4.78, 5) is 39.4. The molecule has 1 N–H and O–H groups in total. The van der Waals surface area contributed by atoms with Crippen molar-refractivity contribution in [1.29, 1.82) is 0 Å². The summed E-state index contributed by atoms with van der Waals surface area (Å²) in [7, 11) is 0. The predicted molar refractivity (Wildman–Crippen MR) is 146 cm³/mol. The number of halogens is 3. The van der Waals surface area contributed by atoms with Gasteiger partial charge in [-0.15, -0.1) is 0 Å². The number of nitrogens with zero attached hydrogens (tertiary/aromatic N) is 1. The van der Waals surface area contributed by atoms with Crippen molar-refractivity contribution in [1.82, 2.24) is 5.32 Å². The van der Waals surface area contributed by atoms with Gasteiger partial charge in [0.2, 0.25) is 0 Å². The zero-order chi connectivity index (χ0) is 26.7. The molecule has 0 bridgehead atoms. The number of hydrogen-bond acceptors (Lipinski definition) is 5. The van der Waals surface area contributed by atoms with E-state index in [-0.39, 0.29) is 23.7 Å². The third-order valence-corrected chi connectivity index (χ3v) is 6.49. The molecule has 1 aliphatic rings. The first-order valence-electron chi connectivity index (χ1n) is 11.2. The van der Waals surface area contributed by atoms with Gasteiger partial charge in [0.1, 0.15) is 18.0 Å². The minimum atomic E-state index is -0.855. The van der Waals surface area contributed by atoms with Gasteiger partial charge in [0.25, 0.3) is 11.8 Å². The van der Waals surface area contributed by atoms with Gasteiger partial charge >= 0.3 is 6.03 Å². The van der Waals surface area contributed by atoms with Gasteiger partial charge in [-0.1, -0.05) is 29.8 Å². The van der Waals surface area contributed by atoms with Crippen LogP contribution in [0.1, 0.15) is 23.6 Å². The molecule has 4 rings (SSSR count). The third kappa shape index (κ3) is 5.94. The molecule has 10 heteroatoms. The van der Waals surface area contributed by atoms with Gasteiger partial charge in [0.15, 0.2) is 11.5 Å². The number of anilines is 1. The first kappa shape index (κ1) is 26.6. The fraction of sp³-hybridized carbons (Fsp3) is 0.148. The van der Waals surface area contributed by atoms with Crippen molar-refractivity contribution in [3.05, 3.63) is 91.3 Å². The predicted octanol–water partition coefficient (Wildman–Crippen LogP) is 6.04. The van der Waals surface area contributed by atoms with E-state index in [4.69, 9.17) is 21.1 Å². The summed E-state index contributed by atoms with van der Waals surface area (Å²) in [5.41, 5.74) is 1.96. The van der Waals surface area contributed by atoms with Crippen LogP contribution in [0.5, 0.6) is 11.5 Å². The van der Waals surface area contributed by atoms with Crippen molar-refractivity contribution < 1.29 is 28.2 Å². The summed E-state index contributed by atoms with van der Waals surface area (Å²) in [6, 6.07) is 13.3. The molecule has 3 aromatic carbocycles. The summed E-state index contributed by atoms with van der Waals surface area (Å²) >= 11 is 8.15. The van der Waals surface area contributed by atoms with Crippen LogP contribution < -0.4 is 19.7 Å². The molecule has 0 radical (unpaired) electrons. The lowest BCUT2D eigenvalue weighted by Crippen LogP contribution is -2.54. The molecule has 3 aromatic rings. The number of aryl methyl sites for hydroxylation is 1. The second-order valence-corrected chi connectivity index (χ2v) is 9.67. The molecule has 190 valence electrons. The van der Waals surface area contributed by atoms with E-state index in [9.17, 15) is 18.8 Å². The lowest BCUT2D eigenvalue weighted by Gasteiger charge is -2.27. The summed E-state index contributed by atoms with van der Waals surface area (Å²) in [6.45, 7) is 4.08. The van der Waals surface area contributed by atoms with Crippen LogP contribution in [0, 0.1) is 16.3 Å². The van der Waals surface area contributed by atoms with E-state index >= 15 is 0 Å². The Bertz CT molecular complexity index is 1430. The molecular weight excluding hydrogens is 614 g/mol. The zero-order valence-corrected chi connectivity index (χ0v) is 22.7. The Morgan fingerprint density at radius 3 is 2.49 bits per heavy atom. The lowest BCUT2D eigenvalue weighted by atomic mass is 10.1.